The standard InChI is InChI=1S/C8H15N3O/c9-8(12)7-2-4-11(7)5-6-1-3-10-6/h6-7,10H,1-5H2,(H2,9,12). The van der Waals surface area contributed by atoms with Gasteiger partial charge in [-0.2, -0.15) is 0 Å². The minimum atomic E-state index is -0.166. The SMILES string of the molecule is NC(=O)C1CCN1CC1CCN1. The molecule has 0 radical (unpaired) electrons. The number of rotatable bonds is 3. The van der Waals surface area contributed by atoms with Gasteiger partial charge in [0, 0.05) is 19.1 Å². The van der Waals surface area contributed by atoms with Gasteiger partial charge in [-0.3, -0.25) is 9.69 Å². The second kappa shape index (κ2) is 3.03. The largest absolute Gasteiger partial charge is 0.368 e. The molecule has 0 aromatic carbocycles. The third-order valence-corrected chi connectivity index (χ3v) is 2.84. The van der Waals surface area contributed by atoms with Gasteiger partial charge < -0.3 is 11.1 Å². The summed E-state index contributed by atoms with van der Waals surface area (Å²) in [5, 5.41) is 3.31. The van der Waals surface area contributed by atoms with Gasteiger partial charge in [0.25, 0.3) is 0 Å². The molecule has 2 rings (SSSR count). The van der Waals surface area contributed by atoms with Crippen LogP contribution in [-0.4, -0.2) is 42.5 Å². The first-order valence-electron chi connectivity index (χ1n) is 4.54. The highest BCUT2D eigenvalue weighted by atomic mass is 16.1. The molecule has 68 valence electrons. The number of nitrogens with two attached hydrogens (primary N) is 1. The van der Waals surface area contributed by atoms with Gasteiger partial charge in [-0.15, -0.1) is 0 Å². The zero-order valence-corrected chi connectivity index (χ0v) is 7.12. The highest BCUT2D eigenvalue weighted by molar-refractivity contribution is 5.80. The van der Waals surface area contributed by atoms with Crippen LogP contribution in [0, 0.1) is 0 Å². The first kappa shape index (κ1) is 8.01. The summed E-state index contributed by atoms with van der Waals surface area (Å²) in [5.41, 5.74) is 5.22. The van der Waals surface area contributed by atoms with Crippen LogP contribution in [0.3, 0.4) is 0 Å². The Morgan fingerprint density at radius 1 is 1.58 bits per heavy atom. The van der Waals surface area contributed by atoms with Gasteiger partial charge in [-0.1, -0.05) is 0 Å². The molecule has 0 bridgehead atoms. The molecular weight excluding hydrogens is 154 g/mol. The van der Waals surface area contributed by atoms with E-state index >= 15 is 0 Å². The number of carbonyl (C=O) groups is 1. The Bertz CT molecular complexity index is 191. The van der Waals surface area contributed by atoms with Gasteiger partial charge in [0.2, 0.25) is 5.91 Å². The van der Waals surface area contributed by atoms with Crippen LogP contribution in [0.2, 0.25) is 0 Å². The predicted molar refractivity (Wildman–Crippen MR) is 45.6 cm³/mol. The Balaban J connectivity index is 1.76. The number of likely N-dealkylation sites (tertiary alicyclic amines) is 1. The van der Waals surface area contributed by atoms with Crippen LogP contribution in [-0.2, 0) is 4.79 Å². The predicted octanol–water partition coefficient (Wildman–Crippen LogP) is -1.09. The van der Waals surface area contributed by atoms with Crippen LogP contribution in [0.25, 0.3) is 0 Å². The molecule has 4 heteroatoms. The van der Waals surface area contributed by atoms with Gasteiger partial charge in [0.1, 0.15) is 0 Å². The molecule has 2 fully saturated rings. The maximum atomic E-state index is 10.8. The van der Waals surface area contributed by atoms with Crippen LogP contribution < -0.4 is 11.1 Å². The zero-order chi connectivity index (χ0) is 8.55. The summed E-state index contributed by atoms with van der Waals surface area (Å²) < 4.78 is 0. The summed E-state index contributed by atoms with van der Waals surface area (Å²) in [6, 6.07) is 0.625. The Kier molecular flexibility index (Phi) is 2.02. The first-order chi connectivity index (χ1) is 5.77. The number of nitrogens with one attached hydrogen (secondary N) is 1. The number of carbonyl (C=O) groups excluding carboxylic acids is 1. The third kappa shape index (κ3) is 1.32. The monoisotopic (exact) mass is 169 g/mol. The van der Waals surface area contributed by atoms with Crippen molar-refractivity contribution in [1.29, 1.82) is 0 Å². The Labute approximate surface area is 72.1 Å². The summed E-state index contributed by atoms with van der Waals surface area (Å²) in [6.45, 7) is 3.15. The van der Waals surface area contributed by atoms with Crippen molar-refractivity contribution in [2.24, 2.45) is 5.73 Å². The molecule has 3 N–H and O–H groups in total. The maximum Gasteiger partial charge on any atom is 0.234 e. The van der Waals surface area contributed by atoms with Crippen molar-refractivity contribution in [3.8, 4) is 0 Å². The van der Waals surface area contributed by atoms with Gasteiger partial charge in [0.05, 0.1) is 6.04 Å². The van der Waals surface area contributed by atoms with Gasteiger partial charge in [-0.25, -0.2) is 0 Å². The van der Waals surface area contributed by atoms with Crippen molar-refractivity contribution in [2.45, 2.75) is 24.9 Å². The fraction of sp³-hybridized carbons (Fsp3) is 0.875. The summed E-state index contributed by atoms with van der Waals surface area (Å²) in [7, 11) is 0. The topological polar surface area (TPSA) is 58.4 Å². The normalized spacial score (nSPS) is 35.3. The molecule has 0 spiro atoms. The van der Waals surface area contributed by atoms with Crippen molar-refractivity contribution < 1.29 is 4.79 Å². The van der Waals surface area contributed by atoms with Crippen molar-refractivity contribution >= 4 is 5.91 Å². The van der Waals surface area contributed by atoms with E-state index < -0.39 is 0 Å². The Morgan fingerprint density at radius 3 is 2.67 bits per heavy atom. The third-order valence-electron chi connectivity index (χ3n) is 2.84. The number of amides is 1. The molecule has 12 heavy (non-hydrogen) atoms. The Morgan fingerprint density at radius 2 is 2.33 bits per heavy atom. The van der Waals surface area contributed by atoms with Gasteiger partial charge in [-0.05, 0) is 19.4 Å². The maximum absolute atomic E-state index is 10.8. The van der Waals surface area contributed by atoms with E-state index in [0.717, 1.165) is 26.1 Å². The number of primary amides is 1. The van der Waals surface area contributed by atoms with Crippen molar-refractivity contribution in [3.63, 3.8) is 0 Å². The van der Waals surface area contributed by atoms with Crippen LogP contribution in [0.4, 0.5) is 0 Å². The molecule has 2 aliphatic rings. The number of hydrogen-bond acceptors (Lipinski definition) is 3. The van der Waals surface area contributed by atoms with Crippen molar-refractivity contribution in [3.05, 3.63) is 0 Å². The van der Waals surface area contributed by atoms with Crippen LogP contribution in [0.5, 0.6) is 0 Å². The lowest BCUT2D eigenvalue weighted by atomic mass is 9.98. The minimum Gasteiger partial charge on any atom is -0.368 e. The van der Waals surface area contributed by atoms with E-state index in [1.54, 1.807) is 0 Å². The highest BCUT2D eigenvalue weighted by Crippen LogP contribution is 2.18. The molecule has 2 unspecified atom stereocenters. The molecule has 0 aromatic rings. The fourth-order valence-corrected chi connectivity index (χ4v) is 1.77. The minimum absolute atomic E-state index is 0.0207. The van der Waals surface area contributed by atoms with E-state index in [0.29, 0.717) is 6.04 Å². The molecule has 0 saturated carbocycles. The molecule has 0 aliphatic carbocycles. The molecule has 2 saturated heterocycles. The van der Waals surface area contributed by atoms with Crippen molar-refractivity contribution in [2.75, 3.05) is 19.6 Å². The van der Waals surface area contributed by atoms with E-state index in [1.165, 1.54) is 6.42 Å². The Hall–Kier alpha value is -0.610. The van der Waals surface area contributed by atoms with E-state index in [4.69, 9.17) is 5.73 Å². The molecule has 0 aromatic heterocycles. The molecule has 1 amide bonds. The first-order valence-corrected chi connectivity index (χ1v) is 4.54. The average molecular weight is 169 g/mol. The summed E-state index contributed by atoms with van der Waals surface area (Å²) in [5.74, 6) is -0.166. The number of hydrogen-bond donors (Lipinski definition) is 2. The second-order valence-corrected chi connectivity index (χ2v) is 3.64. The molecule has 2 atom stereocenters. The number of nitrogens with zero attached hydrogens (tertiary/aromatic N) is 1. The summed E-state index contributed by atoms with van der Waals surface area (Å²) in [6.07, 6.45) is 2.18. The van der Waals surface area contributed by atoms with Crippen molar-refractivity contribution in [1.82, 2.24) is 10.2 Å². The second-order valence-electron chi connectivity index (χ2n) is 3.64. The van der Waals surface area contributed by atoms with E-state index in [-0.39, 0.29) is 11.9 Å². The van der Waals surface area contributed by atoms with E-state index in [9.17, 15) is 4.79 Å². The van der Waals surface area contributed by atoms with Crippen LogP contribution >= 0.6 is 0 Å². The fourth-order valence-electron chi connectivity index (χ4n) is 1.77. The molecule has 4 nitrogen and oxygen atoms in total. The van der Waals surface area contributed by atoms with E-state index in [2.05, 4.69) is 10.2 Å². The zero-order valence-electron chi connectivity index (χ0n) is 7.12. The lowest BCUT2D eigenvalue weighted by Gasteiger charge is -2.43. The molecular formula is C8H15N3O. The van der Waals surface area contributed by atoms with Gasteiger partial charge >= 0.3 is 0 Å². The lowest BCUT2D eigenvalue weighted by molar-refractivity contribution is -0.127. The summed E-state index contributed by atoms with van der Waals surface area (Å²) in [4.78, 5) is 13.0. The van der Waals surface area contributed by atoms with Crippen LogP contribution in [0.1, 0.15) is 12.8 Å². The quantitative estimate of drug-likeness (QED) is 0.564. The average Bonchev–Trinajstić information content (AvgIpc) is 1.79. The highest BCUT2D eigenvalue weighted by Gasteiger charge is 2.34. The van der Waals surface area contributed by atoms with E-state index in [1.807, 2.05) is 0 Å². The molecule has 2 heterocycles. The van der Waals surface area contributed by atoms with Crippen LogP contribution in [0.15, 0.2) is 0 Å². The lowest BCUT2D eigenvalue weighted by Crippen LogP contribution is -2.60. The van der Waals surface area contributed by atoms with Gasteiger partial charge in [0.15, 0.2) is 0 Å². The molecule has 2 aliphatic heterocycles. The summed E-state index contributed by atoms with van der Waals surface area (Å²) >= 11 is 0. The smallest absolute Gasteiger partial charge is 0.234 e.